The summed E-state index contributed by atoms with van der Waals surface area (Å²) >= 11 is 0. The van der Waals surface area contributed by atoms with Crippen molar-refractivity contribution in [1.82, 2.24) is 19.9 Å². The summed E-state index contributed by atoms with van der Waals surface area (Å²) in [6, 6.07) is 4.89. The summed E-state index contributed by atoms with van der Waals surface area (Å²) in [6.07, 6.45) is -0.336. The van der Waals surface area contributed by atoms with Gasteiger partial charge < -0.3 is 9.42 Å². The van der Waals surface area contributed by atoms with Gasteiger partial charge in [-0.1, -0.05) is 17.3 Å². The van der Waals surface area contributed by atoms with Crippen LogP contribution in [0.15, 0.2) is 28.8 Å². The predicted molar refractivity (Wildman–Crippen MR) is 99.0 cm³/mol. The number of hydrogen-bond acceptors (Lipinski definition) is 5. The van der Waals surface area contributed by atoms with Crippen LogP contribution >= 0.6 is 0 Å². The molecule has 9 heteroatoms. The van der Waals surface area contributed by atoms with Crippen LogP contribution in [0, 0.1) is 0 Å². The number of alkyl halides is 3. The molecule has 2 aliphatic heterocycles. The van der Waals surface area contributed by atoms with Crippen molar-refractivity contribution >= 4 is 5.91 Å². The highest BCUT2D eigenvalue weighted by molar-refractivity contribution is 5.78. The summed E-state index contributed by atoms with van der Waals surface area (Å²) in [5, 5.41) is 3.87. The second-order valence-electron chi connectivity index (χ2n) is 7.70. The molecule has 4 rings (SSSR count). The lowest BCUT2D eigenvalue weighted by Gasteiger charge is -2.28. The van der Waals surface area contributed by atoms with Gasteiger partial charge in [-0.3, -0.25) is 9.69 Å². The van der Waals surface area contributed by atoms with Crippen LogP contribution in [0.25, 0.3) is 11.4 Å². The zero-order valence-corrected chi connectivity index (χ0v) is 16.0. The number of carbonyl (C=O) groups is 1. The summed E-state index contributed by atoms with van der Waals surface area (Å²) < 4.78 is 44.1. The lowest BCUT2D eigenvalue weighted by molar-refractivity contribution is -0.137. The minimum Gasteiger partial charge on any atom is -0.342 e. The average Bonchev–Trinajstić information content (AvgIpc) is 3.38. The standard InChI is InChI=1S/C20H23F3N4O2/c21-20(22,23)16-6-4-5-14(11-16)18-24-19(29-25-18)15-7-10-26(12-15)13-17(28)27-8-2-1-3-9-27/h4-6,11,15H,1-3,7-10,12-13H2. The first-order valence-electron chi connectivity index (χ1n) is 9.91. The van der Waals surface area contributed by atoms with Crippen molar-refractivity contribution in [1.29, 1.82) is 0 Å². The molecule has 0 aliphatic carbocycles. The Bertz CT molecular complexity index is 861. The second-order valence-corrected chi connectivity index (χ2v) is 7.70. The normalized spacial score (nSPS) is 20.9. The second kappa shape index (κ2) is 8.14. The molecular weight excluding hydrogens is 385 g/mol. The molecule has 0 saturated carbocycles. The highest BCUT2D eigenvalue weighted by Crippen LogP contribution is 2.32. The lowest BCUT2D eigenvalue weighted by Crippen LogP contribution is -2.42. The van der Waals surface area contributed by atoms with Crippen LogP contribution in [-0.4, -0.2) is 58.6 Å². The maximum atomic E-state index is 12.9. The Morgan fingerprint density at radius 1 is 1.17 bits per heavy atom. The van der Waals surface area contributed by atoms with E-state index in [1.807, 2.05) is 4.90 Å². The molecule has 1 aromatic carbocycles. The van der Waals surface area contributed by atoms with Gasteiger partial charge in [0.05, 0.1) is 18.0 Å². The van der Waals surface area contributed by atoms with Crippen molar-refractivity contribution in [2.24, 2.45) is 0 Å². The number of likely N-dealkylation sites (tertiary alicyclic amines) is 2. The van der Waals surface area contributed by atoms with E-state index < -0.39 is 11.7 Å². The molecule has 1 unspecified atom stereocenters. The van der Waals surface area contributed by atoms with E-state index in [1.165, 1.54) is 18.6 Å². The molecule has 29 heavy (non-hydrogen) atoms. The zero-order valence-electron chi connectivity index (χ0n) is 16.0. The minimum atomic E-state index is -4.42. The predicted octanol–water partition coefficient (Wildman–Crippen LogP) is 3.56. The summed E-state index contributed by atoms with van der Waals surface area (Å²) in [6.45, 7) is 3.43. The molecule has 0 spiro atoms. The first-order valence-corrected chi connectivity index (χ1v) is 9.91. The van der Waals surface area contributed by atoms with Gasteiger partial charge in [0.2, 0.25) is 17.6 Å². The Balaban J connectivity index is 1.38. The lowest BCUT2D eigenvalue weighted by atomic mass is 10.1. The van der Waals surface area contributed by atoms with Crippen LogP contribution < -0.4 is 0 Å². The Hall–Kier alpha value is -2.42. The number of halogens is 3. The monoisotopic (exact) mass is 408 g/mol. The number of piperidine rings is 1. The van der Waals surface area contributed by atoms with Crippen molar-refractivity contribution in [3.05, 3.63) is 35.7 Å². The van der Waals surface area contributed by atoms with E-state index in [9.17, 15) is 18.0 Å². The zero-order chi connectivity index (χ0) is 20.4. The van der Waals surface area contributed by atoms with E-state index in [4.69, 9.17) is 4.52 Å². The third-order valence-electron chi connectivity index (χ3n) is 5.58. The maximum Gasteiger partial charge on any atom is 0.416 e. The largest absolute Gasteiger partial charge is 0.416 e. The van der Waals surface area contributed by atoms with Crippen molar-refractivity contribution in [3.8, 4) is 11.4 Å². The first-order chi connectivity index (χ1) is 13.9. The number of nitrogens with zero attached hydrogens (tertiary/aromatic N) is 4. The van der Waals surface area contributed by atoms with E-state index >= 15 is 0 Å². The van der Waals surface area contributed by atoms with Crippen molar-refractivity contribution in [3.63, 3.8) is 0 Å². The van der Waals surface area contributed by atoms with E-state index in [0.29, 0.717) is 19.0 Å². The van der Waals surface area contributed by atoms with E-state index in [2.05, 4.69) is 15.0 Å². The fourth-order valence-electron chi connectivity index (χ4n) is 3.97. The molecular formula is C20H23F3N4O2. The SMILES string of the molecule is O=C(CN1CCC(c2nc(-c3cccc(C(F)(F)F)c3)no2)C1)N1CCCCC1. The molecule has 1 amide bonds. The summed E-state index contributed by atoms with van der Waals surface area (Å²) in [7, 11) is 0. The summed E-state index contributed by atoms with van der Waals surface area (Å²) in [5.74, 6) is 0.691. The molecule has 2 aliphatic rings. The van der Waals surface area contributed by atoms with Gasteiger partial charge in [-0.15, -0.1) is 0 Å². The summed E-state index contributed by atoms with van der Waals surface area (Å²) in [4.78, 5) is 20.8. The molecule has 6 nitrogen and oxygen atoms in total. The smallest absolute Gasteiger partial charge is 0.342 e. The fourth-order valence-corrected chi connectivity index (χ4v) is 3.97. The molecule has 156 valence electrons. The molecule has 0 N–H and O–H groups in total. The fraction of sp³-hybridized carbons (Fsp3) is 0.550. The van der Waals surface area contributed by atoms with Crippen LogP contribution in [0.4, 0.5) is 13.2 Å². The van der Waals surface area contributed by atoms with Gasteiger partial charge >= 0.3 is 6.18 Å². The maximum absolute atomic E-state index is 12.9. The van der Waals surface area contributed by atoms with Crippen LogP contribution in [0.2, 0.25) is 0 Å². The third-order valence-corrected chi connectivity index (χ3v) is 5.58. The third kappa shape index (κ3) is 4.60. The molecule has 2 aromatic rings. The minimum absolute atomic E-state index is 0.0174. The molecule has 0 radical (unpaired) electrons. The van der Waals surface area contributed by atoms with Gasteiger partial charge in [-0.2, -0.15) is 18.2 Å². The molecule has 1 atom stereocenters. The van der Waals surface area contributed by atoms with Crippen molar-refractivity contribution in [2.45, 2.75) is 37.8 Å². The average molecular weight is 408 g/mol. The van der Waals surface area contributed by atoms with Crippen molar-refractivity contribution < 1.29 is 22.5 Å². The molecule has 0 bridgehead atoms. The molecule has 3 heterocycles. The van der Waals surface area contributed by atoms with Crippen LogP contribution in [0.1, 0.15) is 43.1 Å². The Labute approximate surface area is 166 Å². The van der Waals surface area contributed by atoms with Crippen LogP contribution in [0.5, 0.6) is 0 Å². The quantitative estimate of drug-likeness (QED) is 0.774. The van der Waals surface area contributed by atoms with Gasteiger partial charge in [-0.05, 0) is 44.4 Å². The van der Waals surface area contributed by atoms with Crippen LogP contribution in [0.3, 0.4) is 0 Å². The van der Waals surface area contributed by atoms with Crippen LogP contribution in [-0.2, 0) is 11.0 Å². The van der Waals surface area contributed by atoms with E-state index in [0.717, 1.165) is 51.0 Å². The topological polar surface area (TPSA) is 62.5 Å². The van der Waals surface area contributed by atoms with Gasteiger partial charge in [-0.25, -0.2) is 0 Å². The Kier molecular flexibility index (Phi) is 5.58. The van der Waals surface area contributed by atoms with Gasteiger partial charge in [0.25, 0.3) is 0 Å². The van der Waals surface area contributed by atoms with Gasteiger partial charge in [0.1, 0.15) is 0 Å². The number of carbonyl (C=O) groups excluding carboxylic acids is 1. The number of rotatable bonds is 4. The van der Waals surface area contributed by atoms with Crippen molar-refractivity contribution in [2.75, 3.05) is 32.7 Å². The Morgan fingerprint density at radius 2 is 1.97 bits per heavy atom. The number of aromatic nitrogens is 2. The number of benzene rings is 1. The highest BCUT2D eigenvalue weighted by Gasteiger charge is 2.32. The molecule has 1 aromatic heterocycles. The van der Waals surface area contributed by atoms with Gasteiger partial charge in [0, 0.05) is 25.2 Å². The first kappa shape index (κ1) is 19.9. The number of amides is 1. The highest BCUT2D eigenvalue weighted by atomic mass is 19.4. The van der Waals surface area contributed by atoms with E-state index in [-0.39, 0.29) is 23.2 Å². The molecule has 2 fully saturated rings. The Morgan fingerprint density at radius 3 is 2.72 bits per heavy atom. The molecule has 2 saturated heterocycles. The summed E-state index contributed by atoms with van der Waals surface area (Å²) in [5.41, 5.74) is -0.477. The van der Waals surface area contributed by atoms with Gasteiger partial charge in [0.15, 0.2) is 0 Å². The van der Waals surface area contributed by atoms with E-state index in [1.54, 1.807) is 0 Å². The number of hydrogen-bond donors (Lipinski definition) is 0.